The van der Waals surface area contributed by atoms with Gasteiger partial charge < -0.3 is 24.3 Å². The maximum Gasteiger partial charge on any atom is 0.289 e. The number of nitro groups is 1. The molecule has 0 spiro atoms. The van der Waals surface area contributed by atoms with Crippen molar-refractivity contribution in [3.8, 4) is 0 Å². The van der Waals surface area contributed by atoms with E-state index in [4.69, 9.17) is 18.9 Å². The summed E-state index contributed by atoms with van der Waals surface area (Å²) in [5.74, 6) is 0.807. The smallest absolute Gasteiger partial charge is 0.289 e. The van der Waals surface area contributed by atoms with Gasteiger partial charge in [-0.05, 0) is 13.1 Å². The van der Waals surface area contributed by atoms with Crippen LogP contribution in [0.1, 0.15) is 13.8 Å². The third kappa shape index (κ3) is 8.41. The Morgan fingerprint density at radius 1 is 0.968 bits per heavy atom. The highest BCUT2D eigenvalue weighted by molar-refractivity contribution is 7.89. The minimum Gasteiger partial charge on any atom is -0.351 e. The Bertz CT molecular complexity index is 791. The van der Waals surface area contributed by atoms with Gasteiger partial charge in [-0.3, -0.25) is 10.1 Å². The minimum absolute atomic E-state index is 0.0267. The Morgan fingerprint density at radius 2 is 1.45 bits per heavy atom. The molecule has 0 bridgehead atoms. The first-order valence-corrected chi connectivity index (χ1v) is 11.5. The largest absolute Gasteiger partial charge is 0.351 e. The quantitative estimate of drug-likeness (QED) is 0.451. The second kappa shape index (κ2) is 12.4. The molecule has 0 unspecified atom stereocenters. The lowest BCUT2D eigenvalue weighted by molar-refractivity contribution is -0.387. The topological polar surface area (TPSA) is 138 Å². The molecule has 0 aliphatic carbocycles. The van der Waals surface area contributed by atoms with E-state index in [1.54, 1.807) is 0 Å². The van der Waals surface area contributed by atoms with Crippen molar-refractivity contribution in [2.45, 2.75) is 31.3 Å². The number of benzene rings is 1. The van der Waals surface area contributed by atoms with Crippen LogP contribution in [-0.2, 0) is 29.0 Å². The van der Waals surface area contributed by atoms with Gasteiger partial charge >= 0.3 is 0 Å². The second-order valence-electron chi connectivity index (χ2n) is 7.54. The molecule has 11 nitrogen and oxygen atoms in total. The summed E-state index contributed by atoms with van der Waals surface area (Å²) in [6.45, 7) is 7.38. The molecule has 2 aliphatic rings. The van der Waals surface area contributed by atoms with Gasteiger partial charge in [-0.2, -0.15) is 0 Å². The van der Waals surface area contributed by atoms with E-state index < -0.39 is 26.9 Å². The number of nitrogens with one attached hydrogen (secondary N) is 2. The Kier molecular flexibility index (Phi) is 10.2. The summed E-state index contributed by atoms with van der Waals surface area (Å²) in [5, 5.41) is 13.9. The van der Waals surface area contributed by atoms with Crippen LogP contribution in [-0.4, -0.2) is 72.5 Å². The first-order valence-electron chi connectivity index (χ1n) is 10.1. The number of nitro benzene ring substituents is 1. The Morgan fingerprint density at radius 3 is 1.94 bits per heavy atom. The average molecular weight is 462 g/mol. The number of sulfonamides is 1. The lowest BCUT2D eigenvalue weighted by atomic mass is 10.2. The molecule has 2 saturated heterocycles. The van der Waals surface area contributed by atoms with E-state index in [1.165, 1.54) is 18.2 Å². The molecule has 1 aromatic rings. The second-order valence-corrected chi connectivity index (χ2v) is 9.27. The highest BCUT2D eigenvalue weighted by atomic mass is 32.2. The third-order valence-electron chi connectivity index (χ3n) is 4.43. The number of hydrogen-bond acceptors (Lipinski definition) is 9. The molecule has 12 heteroatoms. The van der Waals surface area contributed by atoms with Gasteiger partial charge in [0.25, 0.3) is 5.69 Å². The van der Waals surface area contributed by atoms with Crippen LogP contribution in [0.2, 0.25) is 0 Å². The summed E-state index contributed by atoms with van der Waals surface area (Å²) in [6, 6.07) is 5.16. The van der Waals surface area contributed by atoms with Crippen LogP contribution in [0, 0.1) is 22.0 Å². The average Bonchev–Trinajstić information content (AvgIpc) is 2.76. The molecule has 0 radical (unpaired) electrons. The highest BCUT2D eigenvalue weighted by Crippen LogP contribution is 2.22. The van der Waals surface area contributed by atoms with Crippen molar-refractivity contribution in [3.63, 3.8) is 0 Å². The number of nitrogens with zero attached hydrogens (tertiary/aromatic N) is 1. The highest BCUT2D eigenvalue weighted by Gasteiger charge is 2.27. The summed E-state index contributed by atoms with van der Waals surface area (Å²) in [7, 11) is -2.11. The monoisotopic (exact) mass is 461 g/mol. The standard InChI is InChI=1S/C12H16N2O6S.C7H15NO2/c1-9-7-19-12(20-8-9)6-13-21(17,18)11-5-3-2-4-10(11)14(15)16;1-6-4-9-7(3-8-2)10-5-6/h2-5,9,12-13H,6-8H2,1H3;6-8H,3-5H2,1-2H3. The lowest BCUT2D eigenvalue weighted by Gasteiger charge is -2.27. The van der Waals surface area contributed by atoms with Gasteiger partial charge in [0.15, 0.2) is 17.5 Å². The van der Waals surface area contributed by atoms with Crippen LogP contribution < -0.4 is 10.0 Å². The summed E-state index contributed by atoms with van der Waals surface area (Å²) >= 11 is 0. The van der Waals surface area contributed by atoms with Crippen LogP contribution >= 0.6 is 0 Å². The van der Waals surface area contributed by atoms with Crippen molar-refractivity contribution < 1.29 is 32.3 Å². The predicted molar refractivity (Wildman–Crippen MR) is 112 cm³/mol. The summed E-state index contributed by atoms with van der Waals surface area (Å²) in [4.78, 5) is 9.77. The number of rotatable bonds is 7. The summed E-state index contributed by atoms with van der Waals surface area (Å²) < 4.78 is 47.9. The fourth-order valence-electron chi connectivity index (χ4n) is 2.77. The zero-order valence-corrected chi connectivity index (χ0v) is 18.8. The van der Waals surface area contributed by atoms with Gasteiger partial charge in [-0.25, -0.2) is 13.1 Å². The van der Waals surface area contributed by atoms with Crippen LogP contribution in [0.3, 0.4) is 0 Å². The number of ether oxygens (including phenoxy) is 4. The minimum atomic E-state index is -4.00. The molecule has 0 atom stereocenters. The zero-order chi connectivity index (χ0) is 22.9. The van der Waals surface area contributed by atoms with Gasteiger partial charge in [0.1, 0.15) is 0 Å². The maximum absolute atomic E-state index is 12.1. The number of para-hydroxylation sites is 1. The van der Waals surface area contributed by atoms with Crippen LogP contribution in [0.4, 0.5) is 5.69 Å². The predicted octanol–water partition coefficient (Wildman–Crippen LogP) is 1.10. The van der Waals surface area contributed by atoms with Gasteiger partial charge in [-0.15, -0.1) is 0 Å². The van der Waals surface area contributed by atoms with Crippen molar-refractivity contribution in [3.05, 3.63) is 34.4 Å². The van der Waals surface area contributed by atoms with E-state index in [2.05, 4.69) is 17.0 Å². The molecule has 176 valence electrons. The van der Waals surface area contributed by atoms with E-state index in [0.717, 1.165) is 25.8 Å². The molecule has 0 amide bonds. The van der Waals surface area contributed by atoms with Gasteiger partial charge in [0, 0.05) is 24.4 Å². The lowest BCUT2D eigenvalue weighted by Crippen LogP contribution is -2.40. The third-order valence-corrected chi connectivity index (χ3v) is 5.90. The van der Waals surface area contributed by atoms with Crippen LogP contribution in [0.15, 0.2) is 29.2 Å². The van der Waals surface area contributed by atoms with Gasteiger partial charge in [-0.1, -0.05) is 26.0 Å². The van der Waals surface area contributed by atoms with E-state index in [-0.39, 0.29) is 23.6 Å². The van der Waals surface area contributed by atoms with Crippen molar-refractivity contribution in [2.75, 3.05) is 46.6 Å². The fraction of sp³-hybridized carbons (Fsp3) is 0.684. The molecule has 2 heterocycles. The van der Waals surface area contributed by atoms with Crippen molar-refractivity contribution >= 4 is 15.7 Å². The summed E-state index contributed by atoms with van der Waals surface area (Å²) in [6.07, 6.45) is -0.708. The number of hydrogen-bond donors (Lipinski definition) is 2. The Labute approximate surface area is 182 Å². The molecular weight excluding hydrogens is 430 g/mol. The molecule has 3 rings (SSSR count). The van der Waals surface area contributed by atoms with Crippen molar-refractivity contribution in [1.29, 1.82) is 0 Å². The first kappa shape index (κ1) is 25.6. The molecule has 1 aromatic carbocycles. The van der Waals surface area contributed by atoms with E-state index in [1.807, 2.05) is 14.0 Å². The SMILES string of the molecule is CC1COC(CNS(=O)(=O)c2ccccc2[N+](=O)[O-])OC1.CNCC1OCC(C)CO1. The van der Waals surface area contributed by atoms with Crippen molar-refractivity contribution in [2.24, 2.45) is 11.8 Å². The van der Waals surface area contributed by atoms with Gasteiger partial charge in [0.05, 0.1) is 37.9 Å². The Hall–Kier alpha value is -1.67. The molecule has 2 fully saturated rings. The molecule has 2 aliphatic heterocycles. The first-order chi connectivity index (χ1) is 14.7. The normalized spacial score (nSPS) is 26.5. The Balaban J connectivity index is 0.000000285. The number of likely N-dealkylation sites (N-methyl/N-ethyl adjacent to an activating group) is 1. The van der Waals surface area contributed by atoms with E-state index >= 15 is 0 Å². The van der Waals surface area contributed by atoms with E-state index in [9.17, 15) is 18.5 Å². The van der Waals surface area contributed by atoms with Crippen molar-refractivity contribution in [1.82, 2.24) is 10.0 Å². The molecule has 0 saturated carbocycles. The zero-order valence-electron chi connectivity index (χ0n) is 18.0. The fourth-order valence-corrected chi connectivity index (χ4v) is 3.96. The summed E-state index contributed by atoms with van der Waals surface area (Å²) in [5.41, 5.74) is -0.468. The van der Waals surface area contributed by atoms with E-state index in [0.29, 0.717) is 19.1 Å². The molecule has 2 N–H and O–H groups in total. The van der Waals surface area contributed by atoms with Crippen LogP contribution in [0.25, 0.3) is 0 Å². The molecule has 0 aromatic heterocycles. The molecular formula is C19H31N3O8S. The van der Waals surface area contributed by atoms with Gasteiger partial charge in [0.2, 0.25) is 10.0 Å². The molecule has 31 heavy (non-hydrogen) atoms. The maximum atomic E-state index is 12.1. The van der Waals surface area contributed by atoms with Crippen LogP contribution in [0.5, 0.6) is 0 Å².